The highest BCUT2D eigenvalue weighted by Gasteiger charge is 2.27. The standard InChI is InChI=1S/C18H15N3O4/c1-11-6-7-12(18-21-19-10-24-18)8-13(11)20-17(22)16-9-23-14-4-2-3-5-15(14)25-16/h2-8,10,16H,9H2,1H3,(H,20,22). The number of aryl methyl sites for hydroxylation is 1. The Hall–Kier alpha value is -3.35. The van der Waals surface area contributed by atoms with Crippen LogP contribution in [-0.4, -0.2) is 28.8 Å². The van der Waals surface area contributed by atoms with Crippen LogP contribution in [0.2, 0.25) is 0 Å². The van der Waals surface area contributed by atoms with Crippen LogP contribution in [0.5, 0.6) is 11.5 Å². The van der Waals surface area contributed by atoms with Crippen LogP contribution < -0.4 is 14.8 Å². The average Bonchev–Trinajstić information content (AvgIpc) is 3.18. The lowest BCUT2D eigenvalue weighted by molar-refractivity contribution is -0.125. The normalized spacial score (nSPS) is 15.6. The van der Waals surface area contributed by atoms with E-state index in [9.17, 15) is 4.79 Å². The molecule has 1 atom stereocenters. The fraction of sp³-hybridized carbons (Fsp3) is 0.167. The summed E-state index contributed by atoms with van der Waals surface area (Å²) in [7, 11) is 0. The van der Waals surface area contributed by atoms with Crippen molar-refractivity contribution < 1.29 is 18.7 Å². The molecule has 0 saturated carbocycles. The molecule has 3 aromatic rings. The third-order valence-electron chi connectivity index (χ3n) is 3.90. The van der Waals surface area contributed by atoms with Gasteiger partial charge in [-0.05, 0) is 36.8 Å². The summed E-state index contributed by atoms with van der Waals surface area (Å²) in [6.07, 6.45) is 0.541. The van der Waals surface area contributed by atoms with E-state index in [2.05, 4.69) is 15.5 Å². The number of hydrogen-bond acceptors (Lipinski definition) is 6. The summed E-state index contributed by atoms with van der Waals surface area (Å²) < 4.78 is 16.5. The Bertz CT molecular complexity index is 908. The predicted molar refractivity (Wildman–Crippen MR) is 89.5 cm³/mol. The number of hydrogen-bond donors (Lipinski definition) is 1. The number of amides is 1. The summed E-state index contributed by atoms with van der Waals surface area (Å²) in [4.78, 5) is 12.6. The van der Waals surface area contributed by atoms with E-state index in [0.29, 0.717) is 23.1 Å². The lowest BCUT2D eigenvalue weighted by Gasteiger charge is -2.25. The second-order valence-corrected chi connectivity index (χ2v) is 5.63. The van der Waals surface area contributed by atoms with E-state index in [0.717, 1.165) is 11.1 Å². The van der Waals surface area contributed by atoms with Crippen LogP contribution in [0.3, 0.4) is 0 Å². The molecule has 1 aliphatic rings. The van der Waals surface area contributed by atoms with Crippen molar-refractivity contribution in [3.05, 3.63) is 54.4 Å². The van der Waals surface area contributed by atoms with Crippen molar-refractivity contribution in [3.63, 3.8) is 0 Å². The van der Waals surface area contributed by atoms with E-state index in [1.165, 1.54) is 6.39 Å². The van der Waals surface area contributed by atoms with Crippen molar-refractivity contribution in [1.82, 2.24) is 10.2 Å². The molecule has 7 heteroatoms. The van der Waals surface area contributed by atoms with E-state index in [1.807, 2.05) is 37.3 Å². The van der Waals surface area contributed by atoms with Crippen LogP contribution in [0.25, 0.3) is 11.5 Å². The number of nitrogens with one attached hydrogen (secondary N) is 1. The van der Waals surface area contributed by atoms with Gasteiger partial charge in [-0.15, -0.1) is 10.2 Å². The average molecular weight is 337 g/mol. The third-order valence-corrected chi connectivity index (χ3v) is 3.90. The SMILES string of the molecule is Cc1ccc(-c2nnco2)cc1NC(=O)C1COc2ccccc2O1. The molecule has 7 nitrogen and oxygen atoms in total. The van der Waals surface area contributed by atoms with Crippen LogP contribution in [0.4, 0.5) is 5.69 Å². The van der Waals surface area contributed by atoms with Gasteiger partial charge in [0.25, 0.3) is 5.91 Å². The van der Waals surface area contributed by atoms with Gasteiger partial charge >= 0.3 is 0 Å². The van der Waals surface area contributed by atoms with Crippen molar-refractivity contribution in [2.75, 3.05) is 11.9 Å². The highest BCUT2D eigenvalue weighted by atomic mass is 16.6. The van der Waals surface area contributed by atoms with E-state index in [1.54, 1.807) is 12.1 Å². The Balaban J connectivity index is 1.52. The molecule has 2 aromatic carbocycles. The van der Waals surface area contributed by atoms with Gasteiger partial charge in [0.2, 0.25) is 18.4 Å². The first-order chi connectivity index (χ1) is 12.2. The molecule has 0 bridgehead atoms. The Morgan fingerprint density at radius 2 is 2.04 bits per heavy atom. The number of ether oxygens (including phenoxy) is 2. The van der Waals surface area contributed by atoms with Gasteiger partial charge in [0, 0.05) is 11.3 Å². The first kappa shape index (κ1) is 15.2. The predicted octanol–water partition coefficient (Wildman–Crippen LogP) is 2.82. The monoisotopic (exact) mass is 337 g/mol. The summed E-state index contributed by atoms with van der Waals surface area (Å²) in [6.45, 7) is 2.06. The van der Waals surface area contributed by atoms with E-state index < -0.39 is 6.10 Å². The molecule has 1 aliphatic heterocycles. The maximum Gasteiger partial charge on any atom is 0.269 e. The van der Waals surface area contributed by atoms with Crippen molar-refractivity contribution in [2.24, 2.45) is 0 Å². The molecule has 126 valence electrons. The minimum absolute atomic E-state index is 0.158. The molecule has 1 N–H and O–H groups in total. The van der Waals surface area contributed by atoms with Crippen LogP contribution in [0.1, 0.15) is 5.56 Å². The number of benzene rings is 2. The van der Waals surface area contributed by atoms with Gasteiger partial charge in [-0.2, -0.15) is 0 Å². The smallest absolute Gasteiger partial charge is 0.269 e. The molecule has 2 heterocycles. The minimum Gasteiger partial charge on any atom is -0.485 e. The summed E-state index contributed by atoms with van der Waals surface area (Å²) in [6, 6.07) is 12.8. The summed E-state index contributed by atoms with van der Waals surface area (Å²) in [5, 5.41) is 10.4. The molecular weight excluding hydrogens is 322 g/mol. The number of para-hydroxylation sites is 2. The van der Waals surface area contributed by atoms with E-state index >= 15 is 0 Å². The van der Waals surface area contributed by atoms with Gasteiger partial charge < -0.3 is 19.2 Å². The van der Waals surface area contributed by atoms with Gasteiger partial charge in [0.1, 0.15) is 6.61 Å². The maximum atomic E-state index is 12.6. The fourth-order valence-electron chi connectivity index (χ4n) is 2.55. The van der Waals surface area contributed by atoms with Gasteiger partial charge in [-0.1, -0.05) is 18.2 Å². The van der Waals surface area contributed by atoms with E-state index in [-0.39, 0.29) is 12.5 Å². The number of carbonyl (C=O) groups is 1. The molecule has 1 aromatic heterocycles. The Morgan fingerprint density at radius 3 is 2.84 bits per heavy atom. The maximum absolute atomic E-state index is 12.6. The van der Waals surface area contributed by atoms with Crippen LogP contribution in [0.15, 0.2) is 53.3 Å². The van der Waals surface area contributed by atoms with Crippen LogP contribution >= 0.6 is 0 Å². The molecule has 0 saturated heterocycles. The van der Waals surface area contributed by atoms with Crippen LogP contribution in [-0.2, 0) is 4.79 Å². The van der Waals surface area contributed by atoms with Crippen molar-refractivity contribution in [3.8, 4) is 23.0 Å². The Morgan fingerprint density at radius 1 is 1.20 bits per heavy atom. The molecule has 0 fully saturated rings. The lowest BCUT2D eigenvalue weighted by Crippen LogP contribution is -2.40. The first-order valence-electron chi connectivity index (χ1n) is 7.77. The molecule has 4 rings (SSSR count). The largest absolute Gasteiger partial charge is 0.485 e. The highest BCUT2D eigenvalue weighted by molar-refractivity contribution is 5.95. The van der Waals surface area contributed by atoms with Gasteiger partial charge in [0.15, 0.2) is 11.5 Å². The van der Waals surface area contributed by atoms with Crippen molar-refractivity contribution >= 4 is 11.6 Å². The number of aromatic nitrogens is 2. The number of anilines is 1. The highest BCUT2D eigenvalue weighted by Crippen LogP contribution is 2.31. The van der Waals surface area contributed by atoms with Gasteiger partial charge in [-0.25, -0.2) is 0 Å². The number of carbonyl (C=O) groups excluding carboxylic acids is 1. The molecular formula is C18H15N3O4. The second kappa shape index (κ2) is 6.27. The zero-order valence-electron chi connectivity index (χ0n) is 13.4. The summed E-state index contributed by atoms with van der Waals surface area (Å²) in [5.74, 6) is 1.31. The van der Waals surface area contributed by atoms with Gasteiger partial charge in [0.05, 0.1) is 0 Å². The van der Waals surface area contributed by atoms with Crippen LogP contribution in [0, 0.1) is 6.92 Å². The third kappa shape index (κ3) is 3.03. The Kier molecular flexibility index (Phi) is 3.81. The molecule has 0 radical (unpaired) electrons. The van der Waals surface area contributed by atoms with Crippen molar-refractivity contribution in [2.45, 2.75) is 13.0 Å². The minimum atomic E-state index is -0.721. The number of nitrogens with zero attached hydrogens (tertiary/aromatic N) is 2. The fourth-order valence-corrected chi connectivity index (χ4v) is 2.55. The summed E-state index contributed by atoms with van der Waals surface area (Å²) in [5.41, 5.74) is 2.29. The molecule has 0 spiro atoms. The molecule has 1 amide bonds. The number of fused-ring (bicyclic) bond motifs is 1. The molecule has 1 unspecified atom stereocenters. The zero-order valence-corrected chi connectivity index (χ0v) is 13.4. The van der Waals surface area contributed by atoms with E-state index in [4.69, 9.17) is 13.9 Å². The number of rotatable bonds is 3. The molecule has 25 heavy (non-hydrogen) atoms. The first-order valence-corrected chi connectivity index (χ1v) is 7.77. The Labute approximate surface area is 143 Å². The molecule has 0 aliphatic carbocycles. The van der Waals surface area contributed by atoms with Gasteiger partial charge in [-0.3, -0.25) is 4.79 Å². The lowest BCUT2D eigenvalue weighted by atomic mass is 10.1. The summed E-state index contributed by atoms with van der Waals surface area (Å²) >= 11 is 0. The quantitative estimate of drug-likeness (QED) is 0.791. The second-order valence-electron chi connectivity index (χ2n) is 5.63. The zero-order chi connectivity index (χ0) is 17.2. The van der Waals surface area contributed by atoms with Crippen molar-refractivity contribution in [1.29, 1.82) is 0 Å². The topological polar surface area (TPSA) is 86.5 Å².